The van der Waals surface area contributed by atoms with Crippen molar-refractivity contribution in [2.24, 2.45) is 0 Å². The van der Waals surface area contributed by atoms with E-state index in [1.54, 1.807) is 35.2 Å². The van der Waals surface area contributed by atoms with E-state index in [-0.39, 0.29) is 5.91 Å². The highest BCUT2D eigenvalue weighted by molar-refractivity contribution is 5.89. The molecule has 2 aliphatic heterocycles. The molecule has 252 valence electrons. The van der Waals surface area contributed by atoms with E-state index in [4.69, 9.17) is 33.5 Å². The fourth-order valence-corrected chi connectivity index (χ4v) is 6.08. The molecule has 1 N–H and O–H groups in total. The van der Waals surface area contributed by atoms with Gasteiger partial charge in [0.25, 0.3) is 0 Å². The highest BCUT2D eigenvalue weighted by Gasteiger charge is 2.38. The lowest BCUT2D eigenvalue weighted by Gasteiger charge is -2.37. The lowest BCUT2D eigenvalue weighted by Crippen LogP contribution is -2.50. The fourth-order valence-electron chi connectivity index (χ4n) is 6.08. The van der Waals surface area contributed by atoms with Crippen LogP contribution in [0, 0.1) is 0 Å². The Labute approximate surface area is 270 Å². The number of morpholine rings is 1. The number of likely N-dealkylation sites (tertiary alicyclic amines) is 1. The second-order valence-electron chi connectivity index (χ2n) is 11.4. The number of amides is 1. The summed E-state index contributed by atoms with van der Waals surface area (Å²) < 4.78 is 33.7. The van der Waals surface area contributed by atoms with Gasteiger partial charge in [-0.05, 0) is 61.1 Å². The molecule has 2 heterocycles. The standard InChI is InChI=1S/C34H46N2O10/c1-5-26(24-20-29(41-2)32(43-4)30(21-24)42-3)33(39)36-13-7-6-11-27(36)34(40)46-28(12-14-35-15-17-44-18-16-35)23-9-8-10-25(19-23)45-22-31(37)38/h8-10,19-21,26-28H,5-7,11-18,22H2,1-4H3,(H,37,38)/t26-,27-,28+/m0/s1. The van der Waals surface area contributed by atoms with Crippen molar-refractivity contribution in [1.29, 1.82) is 0 Å². The molecule has 1 amide bonds. The van der Waals surface area contributed by atoms with Crippen molar-refractivity contribution in [2.75, 3.05) is 67.3 Å². The van der Waals surface area contributed by atoms with Crippen LogP contribution in [0.5, 0.6) is 23.0 Å². The first kappa shape index (κ1) is 34.8. The molecule has 0 aliphatic carbocycles. The Morgan fingerprint density at radius 3 is 2.30 bits per heavy atom. The molecule has 12 heteroatoms. The van der Waals surface area contributed by atoms with E-state index in [0.717, 1.165) is 25.9 Å². The van der Waals surface area contributed by atoms with Gasteiger partial charge in [-0.2, -0.15) is 0 Å². The molecular formula is C34H46N2O10. The van der Waals surface area contributed by atoms with Crippen LogP contribution in [0.15, 0.2) is 36.4 Å². The maximum absolute atomic E-state index is 14.2. The summed E-state index contributed by atoms with van der Waals surface area (Å²) in [6.07, 6.45) is 2.46. The molecule has 2 saturated heterocycles. The van der Waals surface area contributed by atoms with Gasteiger partial charge in [0.2, 0.25) is 11.7 Å². The van der Waals surface area contributed by atoms with E-state index >= 15 is 0 Å². The van der Waals surface area contributed by atoms with Crippen LogP contribution in [-0.4, -0.2) is 106 Å². The number of rotatable bonds is 15. The second-order valence-corrected chi connectivity index (χ2v) is 11.4. The van der Waals surface area contributed by atoms with Crippen LogP contribution in [0.4, 0.5) is 0 Å². The van der Waals surface area contributed by atoms with Crippen molar-refractivity contribution in [3.8, 4) is 23.0 Å². The van der Waals surface area contributed by atoms with Crippen LogP contribution in [-0.2, 0) is 23.9 Å². The summed E-state index contributed by atoms with van der Waals surface area (Å²) in [6, 6.07) is 9.80. The Morgan fingerprint density at radius 2 is 1.67 bits per heavy atom. The number of hydrogen-bond donors (Lipinski definition) is 1. The summed E-state index contributed by atoms with van der Waals surface area (Å²) in [7, 11) is 4.59. The number of carboxylic acid groups (broad SMARTS) is 1. The first-order valence-corrected chi connectivity index (χ1v) is 15.8. The Kier molecular flexibility index (Phi) is 12.9. The first-order valence-electron chi connectivity index (χ1n) is 15.8. The average molecular weight is 643 g/mol. The highest BCUT2D eigenvalue weighted by Crippen LogP contribution is 2.41. The van der Waals surface area contributed by atoms with E-state index in [1.165, 1.54) is 21.3 Å². The molecule has 46 heavy (non-hydrogen) atoms. The maximum atomic E-state index is 14.2. The van der Waals surface area contributed by atoms with Gasteiger partial charge in [-0.15, -0.1) is 0 Å². The van der Waals surface area contributed by atoms with Crippen LogP contribution in [0.2, 0.25) is 0 Å². The molecule has 0 bridgehead atoms. The number of benzene rings is 2. The predicted molar refractivity (Wildman–Crippen MR) is 169 cm³/mol. The first-order chi connectivity index (χ1) is 22.3. The van der Waals surface area contributed by atoms with Gasteiger partial charge in [0, 0.05) is 32.6 Å². The molecule has 0 radical (unpaired) electrons. The lowest BCUT2D eigenvalue weighted by molar-refractivity contribution is -0.163. The van der Waals surface area contributed by atoms with Gasteiger partial charge >= 0.3 is 11.9 Å². The SMILES string of the molecule is CC[C@H](C(=O)N1CCCC[C@H]1C(=O)O[C@H](CCN1CCOCC1)c1cccc(OCC(=O)O)c1)c1cc(OC)c(OC)c(OC)c1. The van der Waals surface area contributed by atoms with E-state index in [0.29, 0.717) is 79.7 Å². The summed E-state index contributed by atoms with van der Waals surface area (Å²) in [6.45, 7) is 5.43. The summed E-state index contributed by atoms with van der Waals surface area (Å²) in [5.74, 6) is -0.523. The van der Waals surface area contributed by atoms with Crippen molar-refractivity contribution in [2.45, 2.75) is 57.1 Å². The third-order valence-corrected chi connectivity index (χ3v) is 8.52. The molecular weight excluding hydrogens is 596 g/mol. The largest absolute Gasteiger partial charge is 0.493 e. The topological polar surface area (TPSA) is 133 Å². The van der Waals surface area contributed by atoms with Gasteiger partial charge in [-0.1, -0.05) is 19.1 Å². The van der Waals surface area contributed by atoms with Crippen LogP contribution in [0.1, 0.15) is 62.2 Å². The van der Waals surface area contributed by atoms with Gasteiger partial charge in [0.05, 0.1) is 40.5 Å². The molecule has 12 nitrogen and oxygen atoms in total. The van der Waals surface area contributed by atoms with E-state index in [1.807, 2.05) is 13.0 Å². The molecule has 2 aromatic carbocycles. The minimum Gasteiger partial charge on any atom is -0.493 e. The van der Waals surface area contributed by atoms with Crippen molar-refractivity contribution < 1.29 is 47.9 Å². The Balaban J connectivity index is 1.57. The molecule has 2 aliphatic rings. The Morgan fingerprint density at radius 1 is 0.957 bits per heavy atom. The number of ether oxygens (including phenoxy) is 6. The molecule has 0 saturated carbocycles. The van der Waals surface area contributed by atoms with Crippen molar-refractivity contribution in [3.63, 3.8) is 0 Å². The second kappa shape index (κ2) is 17.0. The minimum atomic E-state index is -1.08. The Bertz CT molecular complexity index is 1300. The van der Waals surface area contributed by atoms with Gasteiger partial charge in [0.1, 0.15) is 17.9 Å². The number of aliphatic carboxylic acids is 1. The van der Waals surface area contributed by atoms with E-state index < -0.39 is 36.6 Å². The summed E-state index contributed by atoms with van der Waals surface area (Å²) in [5, 5.41) is 9.06. The zero-order chi connectivity index (χ0) is 33.1. The number of methoxy groups -OCH3 is 3. The molecule has 0 unspecified atom stereocenters. The quantitative estimate of drug-likeness (QED) is 0.282. The fraction of sp³-hybridized carbons (Fsp3) is 0.559. The lowest BCUT2D eigenvalue weighted by atomic mass is 9.91. The molecule has 4 rings (SSSR count). The minimum absolute atomic E-state index is 0.160. The number of esters is 1. The zero-order valence-corrected chi connectivity index (χ0v) is 27.2. The van der Waals surface area contributed by atoms with Gasteiger partial charge in [-0.3, -0.25) is 9.69 Å². The summed E-state index contributed by atoms with van der Waals surface area (Å²) >= 11 is 0. The number of hydrogen-bond acceptors (Lipinski definition) is 10. The third kappa shape index (κ3) is 8.82. The molecule has 3 atom stereocenters. The molecule has 0 spiro atoms. The zero-order valence-electron chi connectivity index (χ0n) is 27.2. The number of carbonyl (C=O) groups is 3. The monoisotopic (exact) mass is 642 g/mol. The van der Waals surface area contributed by atoms with Crippen LogP contribution >= 0.6 is 0 Å². The van der Waals surface area contributed by atoms with Crippen molar-refractivity contribution >= 4 is 17.8 Å². The van der Waals surface area contributed by atoms with Crippen molar-refractivity contribution in [3.05, 3.63) is 47.5 Å². The highest BCUT2D eigenvalue weighted by atomic mass is 16.5. The summed E-state index contributed by atoms with van der Waals surface area (Å²) in [4.78, 5) is 43.1. The third-order valence-electron chi connectivity index (χ3n) is 8.52. The number of carboxylic acids is 1. The smallest absolute Gasteiger partial charge is 0.341 e. The number of carbonyl (C=O) groups excluding carboxylic acids is 2. The molecule has 2 aromatic rings. The normalized spacial score (nSPS) is 18.3. The van der Waals surface area contributed by atoms with Gasteiger partial charge in [0.15, 0.2) is 18.1 Å². The number of piperidine rings is 1. The van der Waals surface area contributed by atoms with Crippen LogP contribution in [0.3, 0.4) is 0 Å². The summed E-state index contributed by atoms with van der Waals surface area (Å²) in [5.41, 5.74) is 1.41. The van der Waals surface area contributed by atoms with E-state index in [2.05, 4.69) is 4.90 Å². The molecule has 2 fully saturated rings. The van der Waals surface area contributed by atoms with Crippen LogP contribution in [0.25, 0.3) is 0 Å². The van der Waals surface area contributed by atoms with E-state index in [9.17, 15) is 14.4 Å². The van der Waals surface area contributed by atoms with Crippen molar-refractivity contribution in [1.82, 2.24) is 9.80 Å². The van der Waals surface area contributed by atoms with Crippen LogP contribution < -0.4 is 18.9 Å². The Hall–Kier alpha value is -4.03. The van der Waals surface area contributed by atoms with Gasteiger partial charge in [-0.25, -0.2) is 9.59 Å². The predicted octanol–water partition coefficient (Wildman–Crippen LogP) is 4.06. The number of nitrogens with zero attached hydrogens (tertiary/aromatic N) is 2. The maximum Gasteiger partial charge on any atom is 0.341 e. The van der Waals surface area contributed by atoms with Gasteiger partial charge < -0.3 is 38.4 Å². The average Bonchev–Trinajstić information content (AvgIpc) is 3.09. The molecule has 0 aromatic heterocycles.